The van der Waals surface area contributed by atoms with Crippen molar-refractivity contribution in [3.63, 3.8) is 0 Å². The lowest BCUT2D eigenvalue weighted by atomic mass is 10.0. The molecule has 0 bridgehead atoms. The van der Waals surface area contributed by atoms with Crippen LogP contribution in [-0.4, -0.2) is 18.9 Å². The Morgan fingerprint density at radius 2 is 2.17 bits per heavy atom. The van der Waals surface area contributed by atoms with Crippen molar-refractivity contribution in [1.82, 2.24) is 0 Å². The maximum absolute atomic E-state index is 11.1. The third kappa shape index (κ3) is 2.32. The maximum atomic E-state index is 11.1. The number of hydrogen-bond donors (Lipinski definition) is 0. The summed E-state index contributed by atoms with van der Waals surface area (Å²) in [4.78, 5) is 22.1. The summed E-state index contributed by atoms with van der Waals surface area (Å²) in [6, 6.07) is 0. The van der Waals surface area contributed by atoms with Gasteiger partial charge in [-0.1, -0.05) is 0 Å². The Hall–Kier alpha value is -0.860. The molecule has 0 saturated heterocycles. The summed E-state index contributed by atoms with van der Waals surface area (Å²) < 4.78 is 4.63. The highest BCUT2D eigenvalue weighted by Gasteiger charge is 2.22. The summed E-state index contributed by atoms with van der Waals surface area (Å²) in [6.45, 7) is 0. The first-order valence-electron chi connectivity index (χ1n) is 4.33. The molecule has 1 aliphatic rings. The van der Waals surface area contributed by atoms with Gasteiger partial charge >= 0.3 is 5.97 Å². The average Bonchev–Trinajstić information content (AvgIpc) is 2.29. The predicted octanol–water partition coefficient (Wildman–Crippen LogP) is 1.31. The van der Waals surface area contributed by atoms with Crippen LogP contribution in [0.25, 0.3) is 0 Å². The highest BCUT2D eigenvalue weighted by Crippen LogP contribution is 2.21. The molecule has 0 spiro atoms. The van der Waals surface area contributed by atoms with E-state index in [0.717, 1.165) is 12.8 Å². The van der Waals surface area contributed by atoms with Crippen molar-refractivity contribution in [2.75, 3.05) is 7.11 Å². The monoisotopic (exact) mass is 170 g/mol. The van der Waals surface area contributed by atoms with Crippen LogP contribution >= 0.6 is 0 Å². The summed E-state index contributed by atoms with van der Waals surface area (Å²) in [5, 5.41) is 0. The Kier molecular flexibility index (Phi) is 3.26. The second-order valence-electron chi connectivity index (χ2n) is 3.19. The van der Waals surface area contributed by atoms with Gasteiger partial charge in [-0.3, -0.25) is 9.59 Å². The molecule has 3 heteroatoms. The summed E-state index contributed by atoms with van der Waals surface area (Å²) >= 11 is 0. The van der Waals surface area contributed by atoms with Crippen LogP contribution in [0.4, 0.5) is 0 Å². The molecule has 1 aliphatic carbocycles. The zero-order chi connectivity index (χ0) is 8.97. The second kappa shape index (κ2) is 4.24. The molecule has 1 atom stereocenters. The molecular weight excluding hydrogens is 156 g/mol. The highest BCUT2D eigenvalue weighted by atomic mass is 16.5. The lowest BCUT2D eigenvalue weighted by molar-refractivity contribution is -0.145. The number of carbonyl (C=O) groups excluding carboxylic acids is 2. The van der Waals surface area contributed by atoms with E-state index < -0.39 is 0 Å². The molecule has 0 aromatic heterocycles. The highest BCUT2D eigenvalue weighted by molar-refractivity contribution is 5.80. The summed E-state index contributed by atoms with van der Waals surface area (Å²) in [6.07, 6.45) is 3.48. The number of ketones is 1. The van der Waals surface area contributed by atoms with Gasteiger partial charge in [0.1, 0.15) is 5.78 Å². The van der Waals surface area contributed by atoms with Crippen molar-refractivity contribution >= 4 is 11.8 Å². The minimum Gasteiger partial charge on any atom is -0.469 e. The van der Waals surface area contributed by atoms with Crippen LogP contribution in [0.1, 0.15) is 32.1 Å². The van der Waals surface area contributed by atoms with Crippen LogP contribution in [0, 0.1) is 5.92 Å². The van der Waals surface area contributed by atoms with E-state index in [2.05, 4.69) is 4.74 Å². The van der Waals surface area contributed by atoms with Crippen LogP contribution in [0.15, 0.2) is 0 Å². The number of esters is 1. The lowest BCUT2D eigenvalue weighted by Gasteiger charge is -2.09. The number of Topliss-reactive ketones (excluding diaryl/α,β-unsaturated/α-hetero) is 1. The zero-order valence-electron chi connectivity index (χ0n) is 7.34. The van der Waals surface area contributed by atoms with Gasteiger partial charge < -0.3 is 4.74 Å². The van der Waals surface area contributed by atoms with Gasteiger partial charge in [0.15, 0.2) is 0 Å². The van der Waals surface area contributed by atoms with E-state index in [9.17, 15) is 9.59 Å². The van der Waals surface area contributed by atoms with Crippen molar-refractivity contribution in [2.24, 2.45) is 5.92 Å². The zero-order valence-corrected chi connectivity index (χ0v) is 7.34. The minimum absolute atomic E-state index is 0.0403. The molecule has 0 aromatic carbocycles. The van der Waals surface area contributed by atoms with Gasteiger partial charge in [0.05, 0.1) is 13.0 Å². The minimum atomic E-state index is -0.162. The van der Waals surface area contributed by atoms with E-state index in [-0.39, 0.29) is 17.7 Å². The fourth-order valence-electron chi connectivity index (χ4n) is 1.55. The molecule has 0 radical (unpaired) electrons. The van der Waals surface area contributed by atoms with Crippen molar-refractivity contribution in [3.05, 3.63) is 0 Å². The summed E-state index contributed by atoms with van der Waals surface area (Å²) in [5.74, 6) is 0.0764. The van der Waals surface area contributed by atoms with Gasteiger partial charge in [-0.05, 0) is 19.3 Å². The first-order valence-corrected chi connectivity index (χ1v) is 4.33. The van der Waals surface area contributed by atoms with Crippen LogP contribution in [-0.2, 0) is 14.3 Å². The first-order chi connectivity index (χ1) is 5.74. The molecule has 1 rings (SSSR count). The third-order valence-corrected chi connectivity index (χ3v) is 2.31. The number of methoxy groups -OCH3 is 1. The largest absolute Gasteiger partial charge is 0.469 e. The Morgan fingerprint density at radius 3 is 2.83 bits per heavy atom. The second-order valence-corrected chi connectivity index (χ2v) is 3.19. The normalized spacial score (nSPS) is 24.8. The molecule has 1 saturated carbocycles. The van der Waals surface area contributed by atoms with Gasteiger partial charge in [0.25, 0.3) is 0 Å². The topological polar surface area (TPSA) is 43.4 Å². The third-order valence-electron chi connectivity index (χ3n) is 2.31. The SMILES string of the molecule is COC(=O)[C@H]1CCCC(=O)CC1. The molecule has 68 valence electrons. The van der Waals surface area contributed by atoms with Crippen molar-refractivity contribution in [1.29, 1.82) is 0 Å². The molecule has 0 aromatic rings. The van der Waals surface area contributed by atoms with Crippen LogP contribution < -0.4 is 0 Å². The number of ether oxygens (including phenoxy) is 1. The van der Waals surface area contributed by atoms with Crippen LogP contribution in [0.3, 0.4) is 0 Å². The fraction of sp³-hybridized carbons (Fsp3) is 0.778. The smallest absolute Gasteiger partial charge is 0.308 e. The van der Waals surface area contributed by atoms with Crippen LogP contribution in [0.2, 0.25) is 0 Å². The first kappa shape index (κ1) is 9.23. The van der Waals surface area contributed by atoms with E-state index in [1.807, 2.05) is 0 Å². The molecule has 0 heterocycles. The van der Waals surface area contributed by atoms with Gasteiger partial charge in [0.2, 0.25) is 0 Å². The van der Waals surface area contributed by atoms with Gasteiger partial charge in [-0.25, -0.2) is 0 Å². The Balaban J connectivity index is 2.45. The average molecular weight is 170 g/mol. The van der Waals surface area contributed by atoms with Gasteiger partial charge in [-0.15, -0.1) is 0 Å². The predicted molar refractivity (Wildman–Crippen MR) is 43.6 cm³/mol. The lowest BCUT2D eigenvalue weighted by Crippen LogP contribution is -2.15. The molecule has 12 heavy (non-hydrogen) atoms. The number of carbonyl (C=O) groups is 2. The molecule has 0 unspecified atom stereocenters. The Bertz CT molecular complexity index is 186. The van der Waals surface area contributed by atoms with Crippen LogP contribution in [0.5, 0.6) is 0 Å². The number of rotatable bonds is 1. The maximum Gasteiger partial charge on any atom is 0.308 e. The molecule has 3 nitrogen and oxygen atoms in total. The van der Waals surface area contributed by atoms with E-state index in [4.69, 9.17) is 0 Å². The standard InChI is InChI=1S/C9H14O3/c1-12-9(11)7-3-2-4-8(10)6-5-7/h7H,2-6H2,1H3/t7-/m0/s1. The fourth-order valence-corrected chi connectivity index (χ4v) is 1.55. The summed E-state index contributed by atoms with van der Waals surface area (Å²) in [5.41, 5.74) is 0. The number of hydrogen-bond acceptors (Lipinski definition) is 3. The molecular formula is C9H14O3. The molecule has 0 amide bonds. The molecule has 1 fully saturated rings. The van der Waals surface area contributed by atoms with Crippen molar-refractivity contribution in [3.8, 4) is 0 Å². The van der Waals surface area contributed by atoms with Crippen molar-refractivity contribution < 1.29 is 14.3 Å². The van der Waals surface area contributed by atoms with E-state index in [1.54, 1.807) is 0 Å². The summed E-state index contributed by atoms with van der Waals surface area (Å²) in [7, 11) is 1.40. The van der Waals surface area contributed by atoms with Gasteiger partial charge in [-0.2, -0.15) is 0 Å². The Morgan fingerprint density at radius 1 is 1.42 bits per heavy atom. The van der Waals surface area contributed by atoms with Crippen molar-refractivity contribution in [2.45, 2.75) is 32.1 Å². The van der Waals surface area contributed by atoms with E-state index in [0.29, 0.717) is 19.3 Å². The Labute approximate surface area is 72.1 Å². The molecule has 0 N–H and O–H groups in total. The van der Waals surface area contributed by atoms with E-state index >= 15 is 0 Å². The quantitative estimate of drug-likeness (QED) is 0.440. The van der Waals surface area contributed by atoms with Gasteiger partial charge in [0, 0.05) is 12.8 Å². The molecule has 0 aliphatic heterocycles. The van der Waals surface area contributed by atoms with E-state index in [1.165, 1.54) is 7.11 Å².